The van der Waals surface area contributed by atoms with Crippen molar-refractivity contribution < 1.29 is 33.8 Å². The lowest BCUT2D eigenvalue weighted by Gasteiger charge is -2.25. The molecule has 3 aromatic carbocycles. The third kappa shape index (κ3) is 6.68. The van der Waals surface area contributed by atoms with E-state index in [1.54, 1.807) is 24.3 Å². The average molecular weight is 547 g/mol. The van der Waals surface area contributed by atoms with Crippen LogP contribution in [-0.2, 0) is 35.3 Å². The van der Waals surface area contributed by atoms with Crippen molar-refractivity contribution in [1.29, 1.82) is 0 Å². The molecule has 1 aliphatic rings. The average Bonchev–Trinajstić information content (AvgIpc) is 3.06. The molecule has 0 fully saturated rings. The molecule has 208 valence electrons. The molecular weight excluding hydrogens is 516 g/mol. The molecule has 1 unspecified atom stereocenters. The Bertz CT molecular complexity index is 1430. The molecule has 2 atom stereocenters. The normalized spacial score (nSPS) is 15.7. The molecule has 4 rings (SSSR count). The lowest BCUT2D eigenvalue weighted by molar-refractivity contribution is -0.139. The molecule has 0 saturated carbocycles. The first-order chi connectivity index (χ1) is 19.3. The van der Waals surface area contributed by atoms with Crippen molar-refractivity contribution in [3.05, 3.63) is 72.3 Å². The second kappa shape index (κ2) is 13.0. The van der Waals surface area contributed by atoms with Gasteiger partial charge in [0.25, 0.3) is 5.91 Å². The van der Waals surface area contributed by atoms with E-state index in [-0.39, 0.29) is 19.1 Å². The Morgan fingerprint density at radius 2 is 1.75 bits per heavy atom. The van der Waals surface area contributed by atoms with Crippen molar-refractivity contribution in [2.24, 2.45) is 0 Å². The number of carbonyl (C=O) groups is 5. The van der Waals surface area contributed by atoms with Crippen LogP contribution >= 0.6 is 0 Å². The predicted molar refractivity (Wildman–Crippen MR) is 148 cm³/mol. The number of hydrogen-bond donors (Lipinski definition) is 3. The minimum Gasteiger partial charge on any atom is -0.481 e. The highest BCUT2D eigenvalue weighted by molar-refractivity contribution is 6.09. The van der Waals surface area contributed by atoms with Gasteiger partial charge in [-0.05, 0) is 34.5 Å². The van der Waals surface area contributed by atoms with E-state index in [4.69, 9.17) is 9.84 Å². The van der Waals surface area contributed by atoms with E-state index in [0.717, 1.165) is 16.3 Å². The van der Waals surface area contributed by atoms with Gasteiger partial charge in [0.05, 0.1) is 30.4 Å². The van der Waals surface area contributed by atoms with Crippen LogP contribution in [0, 0.1) is 0 Å². The smallest absolute Gasteiger partial charge is 0.305 e. The molecule has 3 amide bonds. The number of nitrogens with zero attached hydrogens (tertiary/aromatic N) is 2. The summed E-state index contributed by atoms with van der Waals surface area (Å²) in [6, 6.07) is 18.4. The number of benzene rings is 3. The molecule has 3 aromatic rings. The molecule has 0 bridgehead atoms. The molecule has 11 nitrogen and oxygen atoms in total. The summed E-state index contributed by atoms with van der Waals surface area (Å²) in [6.07, 6.45) is -0.252. The van der Waals surface area contributed by atoms with Crippen molar-refractivity contribution in [3.8, 4) is 0 Å². The number of hydrogen-bond acceptors (Lipinski definition) is 7. The number of para-hydroxylation sites is 2. The second-order valence-electron chi connectivity index (χ2n) is 9.37. The van der Waals surface area contributed by atoms with Gasteiger partial charge in [-0.25, -0.2) is 0 Å². The van der Waals surface area contributed by atoms with Gasteiger partial charge < -0.3 is 30.2 Å². The standard InChI is InChI=1S/C29H30N4O7/c1-40-18-27(36)32-15-23(30-14-19-10-11-20-6-2-3-7-21(20)12-19)29(39)33(25-9-5-4-8-24(25)32)16-26(35)31-22(17-34)13-28(37)38/h2-12,17,22-23,30H,13-16,18H2,1H3,(H,31,35)(H,37,38)/t22?,23-/m0/s1. The summed E-state index contributed by atoms with van der Waals surface area (Å²) >= 11 is 0. The summed E-state index contributed by atoms with van der Waals surface area (Å²) in [4.78, 5) is 64.9. The SMILES string of the molecule is COCC(=O)N1C[C@H](NCc2ccc3ccccc3c2)C(=O)N(CC(=O)NC(C=O)CC(=O)O)c2ccccc21. The number of carboxylic acid groups (broad SMARTS) is 1. The highest BCUT2D eigenvalue weighted by Gasteiger charge is 2.36. The monoisotopic (exact) mass is 546 g/mol. The molecular formula is C29H30N4O7. The van der Waals surface area contributed by atoms with Crippen LogP contribution in [0.25, 0.3) is 10.8 Å². The number of anilines is 2. The van der Waals surface area contributed by atoms with E-state index in [1.807, 2.05) is 42.5 Å². The van der Waals surface area contributed by atoms with Crippen molar-refractivity contribution in [1.82, 2.24) is 10.6 Å². The van der Waals surface area contributed by atoms with E-state index < -0.39 is 42.8 Å². The van der Waals surface area contributed by atoms with Gasteiger partial charge in [-0.3, -0.25) is 24.1 Å². The van der Waals surface area contributed by atoms with Gasteiger partial charge in [0, 0.05) is 13.7 Å². The van der Waals surface area contributed by atoms with Crippen LogP contribution in [0.5, 0.6) is 0 Å². The zero-order valence-electron chi connectivity index (χ0n) is 21.9. The number of nitrogens with one attached hydrogen (secondary N) is 2. The summed E-state index contributed by atoms with van der Waals surface area (Å²) in [5, 5.41) is 16.7. The van der Waals surface area contributed by atoms with Gasteiger partial charge in [0.2, 0.25) is 11.8 Å². The topological polar surface area (TPSA) is 145 Å². The Kier molecular flexibility index (Phi) is 9.20. The van der Waals surface area contributed by atoms with Crippen molar-refractivity contribution >= 4 is 52.1 Å². The van der Waals surface area contributed by atoms with Crippen LogP contribution in [0.3, 0.4) is 0 Å². The van der Waals surface area contributed by atoms with Crippen LogP contribution in [0.4, 0.5) is 11.4 Å². The minimum absolute atomic E-state index is 0.0142. The van der Waals surface area contributed by atoms with Crippen molar-refractivity contribution in [2.75, 3.05) is 36.6 Å². The van der Waals surface area contributed by atoms with Gasteiger partial charge in [0.1, 0.15) is 25.5 Å². The summed E-state index contributed by atoms with van der Waals surface area (Å²) in [6.45, 7) is -0.396. The number of amides is 3. The molecule has 1 heterocycles. The molecule has 0 radical (unpaired) electrons. The van der Waals surface area contributed by atoms with Crippen LogP contribution in [0.15, 0.2) is 66.7 Å². The fourth-order valence-electron chi connectivity index (χ4n) is 4.65. The first kappa shape index (κ1) is 28.4. The highest BCUT2D eigenvalue weighted by atomic mass is 16.5. The molecule has 40 heavy (non-hydrogen) atoms. The zero-order valence-corrected chi connectivity index (χ0v) is 21.9. The first-order valence-electron chi connectivity index (χ1n) is 12.7. The molecule has 0 spiro atoms. The summed E-state index contributed by atoms with van der Waals surface area (Å²) in [5.41, 5.74) is 1.66. The molecule has 0 saturated heterocycles. The van der Waals surface area contributed by atoms with Crippen LogP contribution in [-0.4, -0.2) is 74.0 Å². The number of aliphatic carboxylic acids is 1. The molecule has 3 N–H and O–H groups in total. The largest absolute Gasteiger partial charge is 0.481 e. The summed E-state index contributed by atoms with van der Waals surface area (Å²) in [7, 11) is 1.40. The van der Waals surface area contributed by atoms with E-state index >= 15 is 0 Å². The number of rotatable bonds is 11. The second-order valence-corrected chi connectivity index (χ2v) is 9.37. The predicted octanol–water partition coefficient (Wildman–Crippen LogP) is 1.48. The maximum absolute atomic E-state index is 13.9. The zero-order chi connectivity index (χ0) is 28.6. The third-order valence-corrected chi connectivity index (χ3v) is 6.53. The minimum atomic E-state index is -1.25. The Morgan fingerprint density at radius 3 is 2.45 bits per heavy atom. The highest BCUT2D eigenvalue weighted by Crippen LogP contribution is 2.33. The van der Waals surface area contributed by atoms with Crippen LogP contribution in [0.2, 0.25) is 0 Å². The number of carbonyl (C=O) groups excluding carboxylic acids is 4. The van der Waals surface area contributed by atoms with Gasteiger partial charge in [-0.1, -0.05) is 48.5 Å². The number of fused-ring (bicyclic) bond motifs is 2. The van der Waals surface area contributed by atoms with Crippen molar-refractivity contribution in [3.63, 3.8) is 0 Å². The lowest BCUT2D eigenvalue weighted by atomic mass is 10.1. The van der Waals surface area contributed by atoms with Crippen molar-refractivity contribution in [2.45, 2.75) is 25.0 Å². The van der Waals surface area contributed by atoms with E-state index in [2.05, 4.69) is 10.6 Å². The van der Waals surface area contributed by atoms with Crippen LogP contribution in [0.1, 0.15) is 12.0 Å². The van der Waals surface area contributed by atoms with Gasteiger partial charge >= 0.3 is 5.97 Å². The number of ether oxygens (including phenoxy) is 1. The molecule has 1 aliphatic heterocycles. The number of carboxylic acids is 1. The Labute approximate surface area is 230 Å². The number of methoxy groups -OCH3 is 1. The third-order valence-electron chi connectivity index (χ3n) is 6.53. The Hall–Kier alpha value is -4.61. The van der Waals surface area contributed by atoms with Crippen LogP contribution < -0.4 is 20.4 Å². The maximum atomic E-state index is 13.9. The summed E-state index contributed by atoms with van der Waals surface area (Å²) < 4.78 is 5.07. The number of aldehydes is 1. The Balaban J connectivity index is 1.63. The fraction of sp³-hybridized carbons (Fsp3) is 0.276. The first-order valence-corrected chi connectivity index (χ1v) is 12.7. The quantitative estimate of drug-likeness (QED) is 0.307. The van der Waals surface area contributed by atoms with Gasteiger partial charge in [-0.15, -0.1) is 0 Å². The Morgan fingerprint density at radius 1 is 1.05 bits per heavy atom. The molecule has 11 heteroatoms. The maximum Gasteiger partial charge on any atom is 0.305 e. The van der Waals surface area contributed by atoms with Gasteiger partial charge in [-0.2, -0.15) is 0 Å². The fourth-order valence-corrected chi connectivity index (χ4v) is 4.65. The molecule has 0 aromatic heterocycles. The van der Waals surface area contributed by atoms with Gasteiger partial charge in [0.15, 0.2) is 0 Å². The molecule has 0 aliphatic carbocycles. The lowest BCUT2D eigenvalue weighted by Crippen LogP contribution is -2.53. The van der Waals surface area contributed by atoms with E-state index in [9.17, 15) is 24.0 Å². The van der Waals surface area contributed by atoms with E-state index in [0.29, 0.717) is 24.2 Å². The van der Waals surface area contributed by atoms with E-state index in [1.165, 1.54) is 16.9 Å². The summed E-state index contributed by atoms with van der Waals surface area (Å²) in [5.74, 6) is -2.80.